The van der Waals surface area contributed by atoms with Gasteiger partial charge < -0.3 is 0 Å². The Labute approximate surface area is 131 Å². The van der Waals surface area contributed by atoms with Crippen LogP contribution in [0.3, 0.4) is 0 Å². The third-order valence-electron chi connectivity index (χ3n) is 2.56. The molecule has 0 fully saturated rings. The third-order valence-corrected chi connectivity index (χ3v) is 4.44. The van der Waals surface area contributed by atoms with E-state index in [4.69, 9.17) is 28.5 Å². The minimum atomic E-state index is -4.07. The highest BCUT2D eigenvalue weighted by molar-refractivity contribution is 7.86. The van der Waals surface area contributed by atoms with Gasteiger partial charge in [0.2, 0.25) is 0 Å². The molecule has 0 amide bonds. The number of alkyl halides is 1. The van der Waals surface area contributed by atoms with Crippen LogP contribution in [0.25, 0.3) is 0 Å². The molecule has 1 aromatic carbocycles. The minimum Gasteiger partial charge on any atom is -0.264 e. The van der Waals surface area contributed by atoms with Crippen molar-refractivity contribution in [3.63, 3.8) is 0 Å². The molecular weight excluding hydrogens is 335 g/mol. The number of halogens is 2. The van der Waals surface area contributed by atoms with Crippen LogP contribution in [-0.4, -0.2) is 19.5 Å². The number of nitrogens with zero attached hydrogens (tertiary/aromatic N) is 2. The molecule has 0 bridgehead atoms. The van der Waals surface area contributed by atoms with Crippen LogP contribution in [-0.2, 0) is 14.4 Å². The first-order chi connectivity index (χ1) is 9.95. The third kappa shape index (κ3) is 3.45. The molecule has 0 spiro atoms. The lowest BCUT2D eigenvalue weighted by molar-refractivity contribution is 0.338. The van der Waals surface area contributed by atoms with E-state index < -0.39 is 15.5 Å². The van der Waals surface area contributed by atoms with E-state index >= 15 is 0 Å². The van der Waals surface area contributed by atoms with Crippen molar-refractivity contribution in [2.45, 2.75) is 10.3 Å². The van der Waals surface area contributed by atoms with Gasteiger partial charge in [-0.05, 0) is 24.3 Å². The lowest BCUT2D eigenvalue weighted by Crippen LogP contribution is -2.21. The molecule has 2 rings (SSSR count). The summed E-state index contributed by atoms with van der Waals surface area (Å²) in [6.07, 6.45) is 2.83. The highest BCUT2D eigenvalue weighted by Crippen LogP contribution is 2.25. The molecule has 0 N–H and O–H groups in total. The number of rotatable bonds is 3. The van der Waals surface area contributed by atoms with Gasteiger partial charge in [-0.3, -0.25) is 4.28 Å². The first kappa shape index (κ1) is 15.6. The molecule has 0 aliphatic heterocycles. The summed E-state index contributed by atoms with van der Waals surface area (Å²) >= 11 is 11.9. The first-order valence-electron chi connectivity index (χ1n) is 5.64. The Balaban J connectivity index is 2.28. The lowest BCUT2D eigenvalue weighted by atomic mass is 10.0. The Morgan fingerprint density at radius 1 is 1.24 bits per heavy atom. The van der Waals surface area contributed by atoms with Crippen molar-refractivity contribution in [1.82, 2.24) is 0 Å². The number of hydrogen-bond donors (Lipinski definition) is 0. The second-order valence-electron chi connectivity index (χ2n) is 3.93. The van der Waals surface area contributed by atoms with Crippen molar-refractivity contribution in [2.24, 2.45) is 5.16 Å². The van der Waals surface area contributed by atoms with Crippen LogP contribution in [0.15, 0.2) is 63.1 Å². The first-order valence-corrected chi connectivity index (χ1v) is 7.86. The normalized spacial score (nSPS) is 20.4. The number of benzene rings is 1. The quantitative estimate of drug-likeness (QED) is 0.624. The molecule has 1 aromatic rings. The fourth-order valence-corrected chi connectivity index (χ4v) is 2.80. The van der Waals surface area contributed by atoms with Gasteiger partial charge >= 0.3 is 10.1 Å². The maximum atomic E-state index is 11.9. The summed E-state index contributed by atoms with van der Waals surface area (Å²) < 4.78 is 28.5. The monoisotopic (exact) mass is 342 g/mol. The molecule has 5 nitrogen and oxygen atoms in total. The van der Waals surface area contributed by atoms with E-state index in [2.05, 4.69) is 9.44 Å². The number of hydrogen-bond acceptors (Lipinski definition) is 5. The van der Waals surface area contributed by atoms with Gasteiger partial charge in [0.15, 0.2) is 0 Å². The second-order valence-corrected chi connectivity index (χ2v) is 6.30. The SMILES string of the molecule is N#CC1=CC=C(Cl)C(=NOS(=O)(=O)c2ccccc2)C1Cl. The summed E-state index contributed by atoms with van der Waals surface area (Å²) in [7, 11) is -4.07. The molecule has 0 saturated heterocycles. The Bertz CT molecular complexity index is 777. The standard InChI is InChI=1S/C13H8Cl2N2O3S/c14-11-7-6-9(8-16)12(15)13(11)17-20-21(18,19)10-4-2-1-3-5-10/h1-7,12H. The average molecular weight is 343 g/mol. The zero-order chi connectivity index (χ0) is 15.5. The molecular formula is C13H8Cl2N2O3S. The predicted molar refractivity (Wildman–Crippen MR) is 79.4 cm³/mol. The van der Waals surface area contributed by atoms with Crippen molar-refractivity contribution in [1.29, 1.82) is 5.26 Å². The van der Waals surface area contributed by atoms with Crippen LogP contribution in [0, 0.1) is 11.3 Å². The minimum absolute atomic E-state index is 0.0307. The van der Waals surface area contributed by atoms with Crippen LogP contribution in [0.5, 0.6) is 0 Å². The van der Waals surface area contributed by atoms with Gasteiger partial charge in [0.25, 0.3) is 0 Å². The van der Waals surface area contributed by atoms with E-state index in [0.29, 0.717) is 0 Å². The maximum Gasteiger partial charge on any atom is 0.358 e. The van der Waals surface area contributed by atoms with Crippen molar-refractivity contribution in [3.05, 3.63) is 53.1 Å². The van der Waals surface area contributed by atoms with Crippen molar-refractivity contribution >= 4 is 39.0 Å². The summed E-state index contributed by atoms with van der Waals surface area (Å²) in [5, 5.41) is 11.5. The van der Waals surface area contributed by atoms with E-state index in [0.717, 1.165) is 0 Å². The van der Waals surface area contributed by atoms with Gasteiger partial charge in [-0.2, -0.15) is 13.7 Å². The maximum absolute atomic E-state index is 11.9. The van der Waals surface area contributed by atoms with E-state index in [1.54, 1.807) is 18.2 Å². The zero-order valence-corrected chi connectivity index (χ0v) is 12.7. The predicted octanol–water partition coefficient (Wildman–Crippen LogP) is 2.94. The van der Waals surface area contributed by atoms with E-state index in [1.165, 1.54) is 24.3 Å². The average Bonchev–Trinajstić information content (AvgIpc) is 2.48. The molecule has 0 radical (unpaired) electrons. The van der Waals surface area contributed by atoms with Gasteiger partial charge in [-0.25, -0.2) is 0 Å². The van der Waals surface area contributed by atoms with Crippen LogP contribution in [0.4, 0.5) is 0 Å². The van der Waals surface area contributed by atoms with Crippen molar-refractivity contribution in [3.8, 4) is 6.07 Å². The van der Waals surface area contributed by atoms with E-state index in [9.17, 15) is 8.42 Å². The Morgan fingerprint density at radius 3 is 2.52 bits per heavy atom. The Morgan fingerprint density at radius 2 is 1.90 bits per heavy atom. The van der Waals surface area contributed by atoms with Crippen LogP contribution >= 0.6 is 23.2 Å². The number of nitriles is 1. The molecule has 108 valence electrons. The zero-order valence-electron chi connectivity index (χ0n) is 10.4. The molecule has 1 atom stereocenters. The number of allylic oxidation sites excluding steroid dienone is 4. The van der Waals surface area contributed by atoms with Crippen LogP contribution < -0.4 is 0 Å². The molecule has 0 heterocycles. The summed E-state index contributed by atoms with van der Waals surface area (Å²) in [5.74, 6) is 0. The summed E-state index contributed by atoms with van der Waals surface area (Å²) in [5.41, 5.74) is 0.164. The van der Waals surface area contributed by atoms with Gasteiger partial charge in [0.1, 0.15) is 16.0 Å². The van der Waals surface area contributed by atoms with Crippen LogP contribution in [0.1, 0.15) is 0 Å². The van der Waals surface area contributed by atoms with Gasteiger partial charge in [-0.15, -0.1) is 11.6 Å². The Hall–Kier alpha value is -1.81. The summed E-state index contributed by atoms with van der Waals surface area (Å²) in [6, 6.07) is 9.39. The topological polar surface area (TPSA) is 79.5 Å². The van der Waals surface area contributed by atoms with E-state index in [1.807, 2.05) is 6.07 Å². The second kappa shape index (κ2) is 6.31. The van der Waals surface area contributed by atoms with Gasteiger partial charge in [0.05, 0.1) is 16.7 Å². The highest BCUT2D eigenvalue weighted by atomic mass is 35.5. The number of oxime groups is 1. The van der Waals surface area contributed by atoms with Gasteiger partial charge in [-0.1, -0.05) is 35.0 Å². The molecule has 1 unspecified atom stereocenters. The molecule has 21 heavy (non-hydrogen) atoms. The highest BCUT2D eigenvalue weighted by Gasteiger charge is 2.26. The molecule has 8 heteroatoms. The fourth-order valence-electron chi connectivity index (χ4n) is 1.50. The lowest BCUT2D eigenvalue weighted by Gasteiger charge is -2.14. The molecule has 1 aliphatic rings. The van der Waals surface area contributed by atoms with Crippen molar-refractivity contribution < 1.29 is 12.7 Å². The Kier molecular flexibility index (Phi) is 4.68. The fraction of sp³-hybridized carbons (Fsp3) is 0.0769. The van der Waals surface area contributed by atoms with E-state index in [-0.39, 0.29) is 21.2 Å². The van der Waals surface area contributed by atoms with Crippen molar-refractivity contribution in [2.75, 3.05) is 0 Å². The smallest absolute Gasteiger partial charge is 0.264 e. The largest absolute Gasteiger partial charge is 0.358 e. The van der Waals surface area contributed by atoms with Crippen LogP contribution in [0.2, 0.25) is 0 Å². The van der Waals surface area contributed by atoms with Gasteiger partial charge in [0, 0.05) is 0 Å². The molecule has 0 saturated carbocycles. The molecule has 0 aromatic heterocycles. The summed E-state index contributed by atoms with van der Waals surface area (Å²) in [6.45, 7) is 0. The molecule has 1 aliphatic carbocycles. The summed E-state index contributed by atoms with van der Waals surface area (Å²) in [4.78, 5) is -0.0487.